The highest BCUT2D eigenvalue weighted by Gasteiger charge is 2.17. The van der Waals surface area contributed by atoms with Gasteiger partial charge in [0.05, 0.1) is 12.7 Å². The molecule has 6 heteroatoms. The first kappa shape index (κ1) is 20.9. The van der Waals surface area contributed by atoms with Gasteiger partial charge in [-0.25, -0.2) is 9.59 Å². The average molecular weight is 381 g/mol. The lowest BCUT2D eigenvalue weighted by atomic mass is 10.1. The maximum Gasteiger partial charge on any atom is 0.337 e. The Hall–Kier alpha value is -3.41. The van der Waals surface area contributed by atoms with Gasteiger partial charge in [-0.15, -0.1) is 0 Å². The summed E-state index contributed by atoms with van der Waals surface area (Å²) in [6, 6.07) is 12.2. The van der Waals surface area contributed by atoms with Crippen molar-refractivity contribution in [2.24, 2.45) is 0 Å². The van der Waals surface area contributed by atoms with Gasteiger partial charge in [-0.3, -0.25) is 4.79 Å². The Bertz CT molecular complexity index is 900. The largest absolute Gasteiger partial charge is 0.465 e. The standard InChI is InChI=1S/C22H23NO5/c1-14-5-11-19(15(2)13-14)23-21(25)16(3)28-20(24)12-8-17-6-9-18(10-7-17)22(26)27-4/h5-13,16H,1-4H3,(H,23,25)/b12-8+/t16-/m0/s1. The second-order valence-corrected chi connectivity index (χ2v) is 6.33. The summed E-state index contributed by atoms with van der Waals surface area (Å²) < 4.78 is 9.76. The summed E-state index contributed by atoms with van der Waals surface area (Å²) in [7, 11) is 1.31. The number of esters is 2. The van der Waals surface area contributed by atoms with Gasteiger partial charge in [0.2, 0.25) is 0 Å². The predicted molar refractivity (Wildman–Crippen MR) is 107 cm³/mol. The first-order valence-electron chi connectivity index (χ1n) is 8.75. The molecule has 1 atom stereocenters. The fourth-order valence-electron chi connectivity index (χ4n) is 2.47. The van der Waals surface area contributed by atoms with Gasteiger partial charge in [0.25, 0.3) is 5.91 Å². The van der Waals surface area contributed by atoms with Gasteiger partial charge in [0.15, 0.2) is 6.10 Å². The Labute approximate surface area is 164 Å². The number of hydrogen-bond donors (Lipinski definition) is 1. The molecule has 0 fully saturated rings. The van der Waals surface area contributed by atoms with Gasteiger partial charge in [0, 0.05) is 11.8 Å². The molecule has 1 N–H and O–H groups in total. The van der Waals surface area contributed by atoms with E-state index >= 15 is 0 Å². The number of amides is 1. The lowest BCUT2D eigenvalue weighted by Gasteiger charge is -2.14. The van der Waals surface area contributed by atoms with E-state index in [2.05, 4.69) is 10.1 Å². The van der Waals surface area contributed by atoms with Crippen molar-refractivity contribution < 1.29 is 23.9 Å². The van der Waals surface area contributed by atoms with Gasteiger partial charge < -0.3 is 14.8 Å². The molecule has 0 heterocycles. The molecule has 0 saturated carbocycles. The van der Waals surface area contributed by atoms with Crippen molar-refractivity contribution in [3.63, 3.8) is 0 Å². The van der Waals surface area contributed by atoms with Crippen molar-refractivity contribution in [3.8, 4) is 0 Å². The van der Waals surface area contributed by atoms with E-state index in [0.717, 1.165) is 11.1 Å². The van der Waals surface area contributed by atoms with Crippen LogP contribution in [0.1, 0.15) is 34.0 Å². The van der Waals surface area contributed by atoms with Crippen LogP contribution in [0.5, 0.6) is 0 Å². The number of anilines is 1. The molecule has 2 aromatic carbocycles. The Balaban J connectivity index is 1.91. The van der Waals surface area contributed by atoms with Gasteiger partial charge in [-0.05, 0) is 56.2 Å². The van der Waals surface area contributed by atoms with Crippen LogP contribution in [0.4, 0.5) is 5.69 Å². The third kappa shape index (κ3) is 5.81. The third-order valence-corrected chi connectivity index (χ3v) is 4.05. The van der Waals surface area contributed by atoms with Crippen LogP contribution in [0.15, 0.2) is 48.5 Å². The van der Waals surface area contributed by atoms with Crippen molar-refractivity contribution in [1.29, 1.82) is 0 Å². The highest BCUT2D eigenvalue weighted by molar-refractivity contribution is 5.97. The Morgan fingerprint density at radius 2 is 1.71 bits per heavy atom. The minimum atomic E-state index is -0.945. The zero-order valence-electron chi connectivity index (χ0n) is 16.3. The lowest BCUT2D eigenvalue weighted by Crippen LogP contribution is -2.29. The topological polar surface area (TPSA) is 81.7 Å². The van der Waals surface area contributed by atoms with E-state index in [1.54, 1.807) is 24.3 Å². The Kier molecular flexibility index (Phi) is 7.09. The monoisotopic (exact) mass is 381 g/mol. The summed E-state index contributed by atoms with van der Waals surface area (Å²) in [5.41, 5.74) is 3.83. The van der Waals surface area contributed by atoms with Crippen LogP contribution < -0.4 is 5.32 Å². The van der Waals surface area contributed by atoms with E-state index in [1.165, 1.54) is 26.2 Å². The molecule has 0 spiro atoms. The second kappa shape index (κ2) is 9.50. The number of rotatable bonds is 6. The predicted octanol–water partition coefficient (Wildman–Crippen LogP) is 3.67. The minimum absolute atomic E-state index is 0.406. The fraction of sp³-hybridized carbons (Fsp3) is 0.227. The van der Waals surface area contributed by atoms with E-state index in [9.17, 15) is 14.4 Å². The fourth-order valence-corrected chi connectivity index (χ4v) is 2.47. The molecular formula is C22H23NO5. The normalized spacial score (nSPS) is 11.7. The highest BCUT2D eigenvalue weighted by Crippen LogP contribution is 2.16. The van der Waals surface area contributed by atoms with Crippen LogP contribution in [-0.2, 0) is 19.1 Å². The van der Waals surface area contributed by atoms with Crippen LogP contribution in [0.3, 0.4) is 0 Å². The molecule has 2 aromatic rings. The number of methoxy groups -OCH3 is 1. The van der Waals surface area contributed by atoms with Crippen molar-refractivity contribution in [3.05, 3.63) is 70.8 Å². The first-order chi connectivity index (χ1) is 13.3. The molecule has 0 aliphatic heterocycles. The number of ether oxygens (including phenoxy) is 2. The maximum atomic E-state index is 12.2. The SMILES string of the molecule is COC(=O)c1ccc(/C=C/C(=O)O[C@@H](C)C(=O)Nc2ccc(C)cc2C)cc1. The Morgan fingerprint density at radius 1 is 1.04 bits per heavy atom. The van der Waals surface area contributed by atoms with Gasteiger partial charge >= 0.3 is 11.9 Å². The van der Waals surface area contributed by atoms with E-state index in [0.29, 0.717) is 16.8 Å². The van der Waals surface area contributed by atoms with E-state index < -0.39 is 23.9 Å². The number of hydrogen-bond acceptors (Lipinski definition) is 5. The smallest absolute Gasteiger partial charge is 0.337 e. The molecule has 1 amide bonds. The molecule has 2 rings (SSSR count). The number of nitrogens with one attached hydrogen (secondary N) is 1. The van der Waals surface area contributed by atoms with Crippen molar-refractivity contribution in [2.45, 2.75) is 26.9 Å². The number of aryl methyl sites for hydroxylation is 2. The summed E-state index contributed by atoms with van der Waals surface area (Å²) in [4.78, 5) is 35.6. The third-order valence-electron chi connectivity index (χ3n) is 4.05. The zero-order valence-corrected chi connectivity index (χ0v) is 16.3. The minimum Gasteiger partial charge on any atom is -0.465 e. The van der Waals surface area contributed by atoms with Crippen molar-refractivity contribution in [1.82, 2.24) is 0 Å². The maximum absolute atomic E-state index is 12.2. The quantitative estimate of drug-likeness (QED) is 0.610. The lowest BCUT2D eigenvalue weighted by molar-refractivity contribution is -0.148. The number of carbonyl (C=O) groups is 3. The molecule has 0 aliphatic rings. The van der Waals surface area contributed by atoms with Gasteiger partial charge in [0.1, 0.15) is 0 Å². The molecule has 0 saturated heterocycles. The van der Waals surface area contributed by atoms with Crippen LogP contribution in [0.2, 0.25) is 0 Å². The van der Waals surface area contributed by atoms with E-state index in [4.69, 9.17) is 4.74 Å². The average Bonchev–Trinajstić information content (AvgIpc) is 2.68. The Morgan fingerprint density at radius 3 is 2.32 bits per heavy atom. The molecule has 0 bridgehead atoms. The number of benzene rings is 2. The molecule has 28 heavy (non-hydrogen) atoms. The van der Waals surface area contributed by atoms with E-state index in [-0.39, 0.29) is 0 Å². The summed E-state index contributed by atoms with van der Waals surface area (Å²) in [5, 5.41) is 2.75. The summed E-state index contributed by atoms with van der Waals surface area (Å²) in [5.74, 6) is -1.48. The van der Waals surface area contributed by atoms with Crippen molar-refractivity contribution in [2.75, 3.05) is 12.4 Å². The first-order valence-corrected chi connectivity index (χ1v) is 8.75. The molecule has 0 unspecified atom stereocenters. The summed E-state index contributed by atoms with van der Waals surface area (Å²) >= 11 is 0. The number of carbonyl (C=O) groups excluding carboxylic acids is 3. The summed E-state index contributed by atoms with van der Waals surface area (Å²) in [6.07, 6.45) is 1.83. The van der Waals surface area contributed by atoms with Crippen LogP contribution >= 0.6 is 0 Å². The molecule has 6 nitrogen and oxygen atoms in total. The second-order valence-electron chi connectivity index (χ2n) is 6.33. The molecular weight excluding hydrogens is 358 g/mol. The van der Waals surface area contributed by atoms with Gasteiger partial charge in [-0.2, -0.15) is 0 Å². The molecule has 0 aliphatic carbocycles. The zero-order chi connectivity index (χ0) is 20.7. The van der Waals surface area contributed by atoms with Crippen LogP contribution in [0, 0.1) is 13.8 Å². The molecule has 0 radical (unpaired) electrons. The summed E-state index contributed by atoms with van der Waals surface area (Å²) in [6.45, 7) is 5.38. The molecule has 146 valence electrons. The van der Waals surface area contributed by atoms with Gasteiger partial charge in [-0.1, -0.05) is 29.8 Å². The van der Waals surface area contributed by atoms with Crippen LogP contribution in [0.25, 0.3) is 6.08 Å². The van der Waals surface area contributed by atoms with E-state index in [1.807, 2.05) is 32.0 Å². The van der Waals surface area contributed by atoms with Crippen molar-refractivity contribution >= 4 is 29.6 Å². The van der Waals surface area contributed by atoms with Crippen LogP contribution in [-0.4, -0.2) is 31.1 Å². The molecule has 0 aromatic heterocycles. The highest BCUT2D eigenvalue weighted by atomic mass is 16.5.